The van der Waals surface area contributed by atoms with Crippen molar-refractivity contribution in [2.24, 2.45) is 5.92 Å². The maximum Gasteiger partial charge on any atom is 0.145 e. The SMILES string of the molecule is CCC(CBr)COc1cccc2cccnc12. The van der Waals surface area contributed by atoms with Crippen LogP contribution in [0.1, 0.15) is 13.3 Å². The summed E-state index contributed by atoms with van der Waals surface area (Å²) in [4.78, 5) is 4.37. The molecule has 0 saturated carbocycles. The Labute approximate surface area is 110 Å². The average molecular weight is 294 g/mol. The fraction of sp³-hybridized carbons (Fsp3) is 0.357. The monoisotopic (exact) mass is 293 g/mol. The molecule has 2 aromatic rings. The Balaban J connectivity index is 2.18. The third-order valence-corrected chi connectivity index (χ3v) is 3.78. The molecule has 0 saturated heterocycles. The lowest BCUT2D eigenvalue weighted by Crippen LogP contribution is -2.12. The van der Waals surface area contributed by atoms with Gasteiger partial charge in [-0.05, 0) is 18.6 Å². The number of alkyl halides is 1. The van der Waals surface area contributed by atoms with Crippen LogP contribution in [0.25, 0.3) is 10.9 Å². The van der Waals surface area contributed by atoms with Crippen LogP contribution in [0.5, 0.6) is 5.75 Å². The van der Waals surface area contributed by atoms with E-state index >= 15 is 0 Å². The van der Waals surface area contributed by atoms with E-state index in [2.05, 4.69) is 40.0 Å². The molecule has 1 aromatic heterocycles. The van der Waals surface area contributed by atoms with Gasteiger partial charge in [0.25, 0.3) is 0 Å². The molecule has 1 unspecified atom stereocenters. The minimum atomic E-state index is 0.550. The molecule has 0 aliphatic rings. The average Bonchev–Trinajstić information content (AvgIpc) is 2.40. The molecular weight excluding hydrogens is 278 g/mol. The molecule has 1 heterocycles. The van der Waals surface area contributed by atoms with Crippen molar-refractivity contribution < 1.29 is 4.74 Å². The number of aromatic nitrogens is 1. The summed E-state index contributed by atoms with van der Waals surface area (Å²) < 4.78 is 5.87. The number of halogens is 1. The van der Waals surface area contributed by atoms with Crippen LogP contribution in [-0.4, -0.2) is 16.9 Å². The molecule has 0 radical (unpaired) electrons. The Morgan fingerprint density at radius 1 is 1.29 bits per heavy atom. The van der Waals surface area contributed by atoms with Crippen LogP contribution in [0.4, 0.5) is 0 Å². The number of hydrogen-bond acceptors (Lipinski definition) is 2. The van der Waals surface area contributed by atoms with Crippen molar-refractivity contribution in [1.82, 2.24) is 4.98 Å². The summed E-state index contributed by atoms with van der Waals surface area (Å²) >= 11 is 3.50. The number of para-hydroxylation sites is 1. The lowest BCUT2D eigenvalue weighted by molar-refractivity contribution is 0.262. The van der Waals surface area contributed by atoms with Crippen molar-refractivity contribution in [3.05, 3.63) is 36.5 Å². The van der Waals surface area contributed by atoms with Crippen molar-refractivity contribution in [1.29, 1.82) is 0 Å². The second-order valence-corrected chi connectivity index (χ2v) is 4.72. The second-order valence-electron chi connectivity index (χ2n) is 4.07. The number of pyridine rings is 1. The molecule has 3 heteroatoms. The molecule has 0 N–H and O–H groups in total. The van der Waals surface area contributed by atoms with E-state index < -0.39 is 0 Å². The third kappa shape index (κ3) is 2.97. The van der Waals surface area contributed by atoms with Gasteiger partial charge in [0.15, 0.2) is 0 Å². The van der Waals surface area contributed by atoms with Crippen molar-refractivity contribution in [3.63, 3.8) is 0 Å². The third-order valence-electron chi connectivity index (χ3n) is 2.87. The van der Waals surface area contributed by atoms with Gasteiger partial charge >= 0.3 is 0 Å². The summed E-state index contributed by atoms with van der Waals surface area (Å²) in [7, 11) is 0. The van der Waals surface area contributed by atoms with Gasteiger partial charge in [-0.15, -0.1) is 0 Å². The Morgan fingerprint density at radius 3 is 2.88 bits per heavy atom. The number of benzene rings is 1. The minimum Gasteiger partial charge on any atom is -0.491 e. The fourth-order valence-electron chi connectivity index (χ4n) is 1.67. The van der Waals surface area contributed by atoms with Crippen molar-refractivity contribution in [3.8, 4) is 5.75 Å². The largest absolute Gasteiger partial charge is 0.491 e. The zero-order chi connectivity index (χ0) is 12.1. The van der Waals surface area contributed by atoms with Gasteiger partial charge in [-0.25, -0.2) is 0 Å². The van der Waals surface area contributed by atoms with Crippen LogP contribution in [0.15, 0.2) is 36.5 Å². The molecule has 0 aliphatic carbocycles. The van der Waals surface area contributed by atoms with Crippen LogP contribution in [0, 0.1) is 5.92 Å². The smallest absolute Gasteiger partial charge is 0.145 e. The molecule has 0 amide bonds. The van der Waals surface area contributed by atoms with E-state index in [1.807, 2.05) is 18.2 Å². The van der Waals surface area contributed by atoms with Gasteiger partial charge in [-0.3, -0.25) is 4.98 Å². The van der Waals surface area contributed by atoms with Crippen LogP contribution < -0.4 is 4.74 Å². The molecule has 0 fully saturated rings. The second kappa shape index (κ2) is 6.01. The van der Waals surface area contributed by atoms with Gasteiger partial charge in [0, 0.05) is 22.8 Å². The van der Waals surface area contributed by atoms with Crippen molar-refractivity contribution in [2.45, 2.75) is 13.3 Å². The van der Waals surface area contributed by atoms with Gasteiger partial charge in [0.1, 0.15) is 11.3 Å². The van der Waals surface area contributed by atoms with Gasteiger partial charge in [0.05, 0.1) is 6.61 Å². The number of ether oxygens (including phenoxy) is 1. The van der Waals surface area contributed by atoms with E-state index in [0.29, 0.717) is 5.92 Å². The Hall–Kier alpha value is -1.09. The van der Waals surface area contributed by atoms with Crippen LogP contribution in [0.2, 0.25) is 0 Å². The number of hydrogen-bond donors (Lipinski definition) is 0. The molecule has 2 rings (SSSR count). The summed E-state index contributed by atoms with van der Waals surface area (Å²) in [5, 5.41) is 2.10. The molecular formula is C14H16BrNO. The molecule has 90 valence electrons. The highest BCUT2D eigenvalue weighted by molar-refractivity contribution is 9.09. The number of nitrogens with zero attached hydrogens (tertiary/aromatic N) is 1. The summed E-state index contributed by atoms with van der Waals surface area (Å²) in [5.41, 5.74) is 0.944. The lowest BCUT2D eigenvalue weighted by atomic mass is 10.1. The predicted octanol–water partition coefficient (Wildman–Crippen LogP) is 4.03. The minimum absolute atomic E-state index is 0.550. The summed E-state index contributed by atoms with van der Waals surface area (Å²) in [6.07, 6.45) is 2.92. The standard InChI is InChI=1S/C14H16BrNO/c1-2-11(9-15)10-17-13-7-3-5-12-6-4-8-16-14(12)13/h3-8,11H,2,9-10H2,1H3. The molecule has 1 aromatic carbocycles. The maximum atomic E-state index is 5.87. The van der Waals surface area contributed by atoms with E-state index in [1.54, 1.807) is 6.20 Å². The van der Waals surface area contributed by atoms with Crippen LogP contribution in [-0.2, 0) is 0 Å². The highest BCUT2D eigenvalue weighted by Gasteiger charge is 2.07. The van der Waals surface area contributed by atoms with Gasteiger partial charge in [0.2, 0.25) is 0 Å². The number of rotatable bonds is 5. The normalized spacial score (nSPS) is 12.6. The molecule has 0 aliphatic heterocycles. The van der Waals surface area contributed by atoms with E-state index in [0.717, 1.165) is 35.0 Å². The van der Waals surface area contributed by atoms with Crippen molar-refractivity contribution in [2.75, 3.05) is 11.9 Å². The molecule has 0 bridgehead atoms. The summed E-state index contributed by atoms with van der Waals surface area (Å²) in [6.45, 7) is 2.91. The van der Waals surface area contributed by atoms with E-state index in [-0.39, 0.29) is 0 Å². The molecule has 1 atom stereocenters. The van der Waals surface area contributed by atoms with Crippen molar-refractivity contribution >= 4 is 26.8 Å². The molecule has 0 spiro atoms. The molecule has 2 nitrogen and oxygen atoms in total. The van der Waals surface area contributed by atoms with Crippen LogP contribution in [0.3, 0.4) is 0 Å². The van der Waals surface area contributed by atoms with Gasteiger partial charge in [-0.2, -0.15) is 0 Å². The number of fused-ring (bicyclic) bond motifs is 1. The first-order valence-corrected chi connectivity index (χ1v) is 6.99. The Kier molecular flexibility index (Phi) is 4.37. The first-order chi connectivity index (χ1) is 8.35. The first-order valence-electron chi connectivity index (χ1n) is 5.87. The predicted molar refractivity (Wildman–Crippen MR) is 74.8 cm³/mol. The Bertz CT molecular complexity index is 477. The quantitative estimate of drug-likeness (QED) is 0.777. The zero-order valence-corrected chi connectivity index (χ0v) is 11.5. The summed E-state index contributed by atoms with van der Waals surface area (Å²) in [6, 6.07) is 10.0. The highest BCUT2D eigenvalue weighted by atomic mass is 79.9. The van der Waals surface area contributed by atoms with Crippen LogP contribution >= 0.6 is 15.9 Å². The maximum absolute atomic E-state index is 5.87. The van der Waals surface area contributed by atoms with E-state index in [9.17, 15) is 0 Å². The van der Waals surface area contributed by atoms with Gasteiger partial charge < -0.3 is 4.74 Å². The zero-order valence-electron chi connectivity index (χ0n) is 9.90. The molecule has 17 heavy (non-hydrogen) atoms. The topological polar surface area (TPSA) is 22.1 Å². The van der Waals surface area contributed by atoms with E-state index in [1.165, 1.54) is 0 Å². The highest BCUT2D eigenvalue weighted by Crippen LogP contribution is 2.23. The van der Waals surface area contributed by atoms with Gasteiger partial charge in [-0.1, -0.05) is 41.1 Å². The van der Waals surface area contributed by atoms with E-state index in [4.69, 9.17) is 4.74 Å². The Morgan fingerprint density at radius 2 is 2.12 bits per heavy atom. The summed E-state index contributed by atoms with van der Waals surface area (Å²) in [5.74, 6) is 1.43. The lowest BCUT2D eigenvalue weighted by Gasteiger charge is -2.14. The fourth-order valence-corrected chi connectivity index (χ4v) is 2.32. The first kappa shape index (κ1) is 12.4.